The zero-order chi connectivity index (χ0) is 21.6. The molecule has 2 N–H and O–H groups in total. The summed E-state index contributed by atoms with van der Waals surface area (Å²) in [6.45, 7) is 1.99. The minimum Gasteiger partial charge on any atom is -0.348 e. The van der Waals surface area contributed by atoms with Crippen molar-refractivity contribution < 1.29 is 22.9 Å². The van der Waals surface area contributed by atoms with Crippen LogP contribution >= 0.6 is 0 Å². The van der Waals surface area contributed by atoms with E-state index in [1.165, 1.54) is 0 Å². The smallest absolute Gasteiger partial charge is 0.271 e. The Morgan fingerprint density at radius 1 is 1.14 bits per heavy atom. The summed E-state index contributed by atoms with van der Waals surface area (Å²) < 4.78 is 23.5. The lowest BCUT2D eigenvalue weighted by atomic mass is 10.1. The van der Waals surface area contributed by atoms with E-state index < -0.39 is 26.4 Å². The van der Waals surface area contributed by atoms with Crippen LogP contribution in [0.25, 0.3) is 0 Å². The molecule has 0 saturated carbocycles. The van der Waals surface area contributed by atoms with E-state index in [0.29, 0.717) is 17.7 Å². The molecule has 2 amide bonds. The first-order valence-corrected chi connectivity index (χ1v) is 10.7. The van der Waals surface area contributed by atoms with Gasteiger partial charge in [0.25, 0.3) is 11.6 Å². The Hall–Kier alpha value is -3.27. The largest absolute Gasteiger partial charge is 0.348 e. The maximum absolute atomic E-state index is 12.4. The van der Waals surface area contributed by atoms with Gasteiger partial charge in [0, 0.05) is 42.6 Å². The van der Waals surface area contributed by atoms with Gasteiger partial charge in [-0.05, 0) is 30.2 Å². The number of hydrogen-bond acceptors (Lipinski definition) is 6. The fourth-order valence-electron chi connectivity index (χ4n) is 2.53. The predicted octanol–water partition coefficient (Wildman–Crippen LogP) is 2.67. The summed E-state index contributed by atoms with van der Waals surface area (Å²) in [5, 5.41) is 16.4. The topological polar surface area (TPSA) is 135 Å². The third-order valence-corrected chi connectivity index (χ3v) is 5.03. The van der Waals surface area contributed by atoms with Gasteiger partial charge in [-0.25, -0.2) is 8.42 Å². The number of carbonyl (C=O) groups excluding carboxylic acids is 2. The van der Waals surface area contributed by atoms with Gasteiger partial charge in [0.15, 0.2) is 9.84 Å². The second-order valence-electron chi connectivity index (χ2n) is 6.43. The number of amides is 2. The Balaban J connectivity index is 2.16. The van der Waals surface area contributed by atoms with Gasteiger partial charge >= 0.3 is 0 Å². The molecule has 154 valence electrons. The van der Waals surface area contributed by atoms with Crippen molar-refractivity contribution in [3.63, 3.8) is 0 Å². The zero-order valence-corrected chi connectivity index (χ0v) is 16.8. The summed E-state index contributed by atoms with van der Waals surface area (Å²) in [7, 11) is -3.73. The highest BCUT2D eigenvalue weighted by Crippen LogP contribution is 2.21. The van der Waals surface area contributed by atoms with Crippen molar-refractivity contribution in [2.24, 2.45) is 0 Å². The van der Waals surface area contributed by atoms with E-state index in [4.69, 9.17) is 0 Å². The Labute approximate surface area is 168 Å². The van der Waals surface area contributed by atoms with Crippen LogP contribution in [0.1, 0.15) is 35.7 Å². The minimum absolute atomic E-state index is 0.0905. The average Bonchev–Trinajstić information content (AvgIpc) is 2.65. The molecule has 0 radical (unpaired) electrons. The summed E-state index contributed by atoms with van der Waals surface area (Å²) in [5.41, 5.74) is 0.664. The van der Waals surface area contributed by atoms with Crippen LogP contribution in [0.2, 0.25) is 0 Å². The van der Waals surface area contributed by atoms with Crippen LogP contribution in [0.15, 0.2) is 47.4 Å². The van der Waals surface area contributed by atoms with Crippen molar-refractivity contribution >= 4 is 33.0 Å². The summed E-state index contributed by atoms with van der Waals surface area (Å²) in [4.78, 5) is 34.1. The number of non-ortho nitro benzene ring substituents is 1. The van der Waals surface area contributed by atoms with E-state index in [1.54, 1.807) is 24.3 Å². The normalized spacial score (nSPS) is 11.0. The number of rotatable bonds is 8. The number of nitro groups is 1. The van der Waals surface area contributed by atoms with Gasteiger partial charge in [0.1, 0.15) is 0 Å². The molecule has 0 heterocycles. The van der Waals surface area contributed by atoms with Gasteiger partial charge in [-0.1, -0.05) is 19.1 Å². The van der Waals surface area contributed by atoms with Crippen molar-refractivity contribution in [2.45, 2.75) is 31.2 Å². The molecule has 0 fully saturated rings. The molecule has 2 aromatic rings. The molecule has 0 bridgehead atoms. The van der Waals surface area contributed by atoms with E-state index in [2.05, 4.69) is 10.6 Å². The van der Waals surface area contributed by atoms with Crippen LogP contribution in [0, 0.1) is 10.1 Å². The third kappa shape index (κ3) is 6.39. The lowest BCUT2D eigenvalue weighted by molar-refractivity contribution is -0.385. The number of anilines is 1. The maximum atomic E-state index is 12.4. The molecule has 0 aliphatic carbocycles. The summed E-state index contributed by atoms with van der Waals surface area (Å²) in [6, 6.07) is 9.91. The third-order valence-electron chi connectivity index (χ3n) is 3.93. The first-order valence-electron chi connectivity index (χ1n) is 8.76. The van der Waals surface area contributed by atoms with Gasteiger partial charge in [0.2, 0.25) is 5.91 Å². The molecule has 0 aromatic heterocycles. The van der Waals surface area contributed by atoms with Crippen LogP contribution in [0.5, 0.6) is 0 Å². The molecule has 29 heavy (non-hydrogen) atoms. The SMILES string of the molecule is CCCC(=O)Nc1cccc(CNC(=O)c2cc([N+](=O)[O-])cc(S(C)(=O)=O)c2)c1. The fourth-order valence-corrected chi connectivity index (χ4v) is 3.20. The highest BCUT2D eigenvalue weighted by Gasteiger charge is 2.19. The van der Waals surface area contributed by atoms with Crippen molar-refractivity contribution in [1.29, 1.82) is 0 Å². The number of carbonyl (C=O) groups is 2. The molecule has 0 aliphatic heterocycles. The van der Waals surface area contributed by atoms with Gasteiger partial charge in [-0.2, -0.15) is 0 Å². The van der Waals surface area contributed by atoms with E-state index in [0.717, 1.165) is 30.9 Å². The molecule has 2 rings (SSSR count). The lowest BCUT2D eigenvalue weighted by Crippen LogP contribution is -2.23. The molecule has 0 aliphatic rings. The molecule has 10 heteroatoms. The van der Waals surface area contributed by atoms with Crippen molar-refractivity contribution in [2.75, 3.05) is 11.6 Å². The molecule has 9 nitrogen and oxygen atoms in total. The fraction of sp³-hybridized carbons (Fsp3) is 0.263. The standard InChI is InChI=1S/C19H21N3O6S/c1-3-5-18(23)21-15-7-4-6-13(8-15)12-20-19(24)14-9-16(22(25)26)11-17(10-14)29(2,27)28/h4,6-11H,3,5,12H2,1-2H3,(H,20,24)(H,21,23). The lowest BCUT2D eigenvalue weighted by Gasteiger charge is -2.09. The van der Waals surface area contributed by atoms with E-state index in [9.17, 15) is 28.1 Å². The highest BCUT2D eigenvalue weighted by molar-refractivity contribution is 7.90. The van der Waals surface area contributed by atoms with Crippen LogP contribution in [0.4, 0.5) is 11.4 Å². The van der Waals surface area contributed by atoms with E-state index in [-0.39, 0.29) is 22.9 Å². The summed E-state index contributed by atoms with van der Waals surface area (Å²) >= 11 is 0. The number of nitrogens with zero attached hydrogens (tertiary/aromatic N) is 1. The second kappa shape index (κ2) is 9.28. The van der Waals surface area contributed by atoms with Crippen LogP contribution in [-0.2, 0) is 21.2 Å². The number of benzene rings is 2. The molecular formula is C19H21N3O6S. The molecule has 0 atom stereocenters. The number of hydrogen-bond donors (Lipinski definition) is 2. The Kier molecular flexibility index (Phi) is 7.05. The summed E-state index contributed by atoms with van der Waals surface area (Å²) in [6.07, 6.45) is 2.03. The molecule has 0 saturated heterocycles. The summed E-state index contributed by atoms with van der Waals surface area (Å²) in [5.74, 6) is -0.766. The van der Waals surface area contributed by atoms with Crippen LogP contribution in [-0.4, -0.2) is 31.4 Å². The van der Waals surface area contributed by atoms with Crippen LogP contribution < -0.4 is 10.6 Å². The minimum atomic E-state index is -3.73. The van der Waals surface area contributed by atoms with E-state index in [1.807, 2.05) is 6.92 Å². The highest BCUT2D eigenvalue weighted by atomic mass is 32.2. The Morgan fingerprint density at radius 2 is 1.86 bits per heavy atom. The first kappa shape index (κ1) is 22.0. The molecule has 0 spiro atoms. The van der Waals surface area contributed by atoms with E-state index >= 15 is 0 Å². The average molecular weight is 419 g/mol. The monoisotopic (exact) mass is 419 g/mol. The van der Waals surface area contributed by atoms with Gasteiger partial charge in [0.05, 0.1) is 9.82 Å². The quantitative estimate of drug-likeness (QED) is 0.499. The van der Waals surface area contributed by atoms with Crippen LogP contribution in [0.3, 0.4) is 0 Å². The molecule has 2 aromatic carbocycles. The zero-order valence-electron chi connectivity index (χ0n) is 16.0. The molecular weight excluding hydrogens is 398 g/mol. The molecule has 0 unspecified atom stereocenters. The van der Waals surface area contributed by atoms with Crippen molar-refractivity contribution in [3.05, 3.63) is 63.7 Å². The van der Waals surface area contributed by atoms with Crippen molar-refractivity contribution in [3.8, 4) is 0 Å². The first-order chi connectivity index (χ1) is 13.6. The maximum Gasteiger partial charge on any atom is 0.271 e. The predicted molar refractivity (Wildman–Crippen MR) is 107 cm³/mol. The van der Waals surface area contributed by atoms with Gasteiger partial charge in [-0.15, -0.1) is 0 Å². The number of nitro benzene ring substituents is 1. The van der Waals surface area contributed by atoms with Gasteiger partial charge in [-0.3, -0.25) is 19.7 Å². The van der Waals surface area contributed by atoms with Gasteiger partial charge < -0.3 is 10.6 Å². The Bertz CT molecular complexity index is 1050. The number of sulfone groups is 1. The number of nitrogens with one attached hydrogen (secondary N) is 2. The van der Waals surface area contributed by atoms with Crippen molar-refractivity contribution in [1.82, 2.24) is 5.32 Å². The Morgan fingerprint density at radius 3 is 2.48 bits per heavy atom. The second-order valence-corrected chi connectivity index (χ2v) is 8.44.